The molecule has 1 aromatic carbocycles. The molecule has 1 aromatic rings. The fourth-order valence-electron chi connectivity index (χ4n) is 1.78. The first-order valence-corrected chi connectivity index (χ1v) is 5.83. The van der Waals surface area contributed by atoms with Crippen LogP contribution in [0.4, 0.5) is 4.39 Å². The topological polar surface area (TPSA) is 64.3 Å². The molecule has 0 heterocycles. The largest absolute Gasteiger partial charge is 0.496 e. The minimum absolute atomic E-state index is 0. The lowest BCUT2D eigenvalue weighted by Crippen LogP contribution is -2.32. The Labute approximate surface area is 118 Å². The zero-order chi connectivity index (χ0) is 13.7. The number of ether oxygens (including phenoxy) is 1. The normalized spacial score (nSPS) is 13.1. The van der Waals surface area contributed by atoms with E-state index in [2.05, 4.69) is 5.32 Å². The summed E-state index contributed by atoms with van der Waals surface area (Å²) in [4.78, 5) is 11.6. The van der Waals surface area contributed by atoms with Crippen molar-refractivity contribution in [2.24, 2.45) is 5.73 Å². The van der Waals surface area contributed by atoms with Crippen LogP contribution in [-0.4, -0.2) is 19.1 Å². The minimum atomic E-state index is -0.465. The molecule has 4 nitrogen and oxygen atoms in total. The average Bonchev–Trinajstić information content (AvgIpc) is 2.26. The quantitative estimate of drug-likeness (QED) is 0.873. The van der Waals surface area contributed by atoms with E-state index in [0.717, 1.165) is 0 Å². The van der Waals surface area contributed by atoms with Crippen LogP contribution in [0.1, 0.15) is 31.9 Å². The molecule has 19 heavy (non-hydrogen) atoms. The van der Waals surface area contributed by atoms with Crippen LogP contribution in [-0.2, 0) is 4.79 Å². The molecule has 0 aliphatic carbocycles. The van der Waals surface area contributed by atoms with Crippen LogP contribution in [0, 0.1) is 5.82 Å². The highest BCUT2D eigenvalue weighted by atomic mass is 35.5. The van der Waals surface area contributed by atoms with Gasteiger partial charge in [0.1, 0.15) is 11.6 Å². The summed E-state index contributed by atoms with van der Waals surface area (Å²) in [6.07, 6.45) is 0.209. The third-order valence-corrected chi connectivity index (χ3v) is 2.55. The molecule has 3 N–H and O–H groups in total. The first kappa shape index (κ1) is 17.7. The van der Waals surface area contributed by atoms with Crippen molar-refractivity contribution in [2.75, 3.05) is 7.11 Å². The lowest BCUT2D eigenvalue weighted by Gasteiger charge is -2.18. The second-order valence-corrected chi connectivity index (χ2v) is 4.33. The highest BCUT2D eigenvalue weighted by Gasteiger charge is 2.18. The van der Waals surface area contributed by atoms with Gasteiger partial charge in [0.25, 0.3) is 0 Å². The van der Waals surface area contributed by atoms with Gasteiger partial charge in [0.15, 0.2) is 0 Å². The molecule has 2 atom stereocenters. The number of methoxy groups -OCH3 is 1. The Morgan fingerprint density at radius 1 is 1.47 bits per heavy atom. The maximum absolute atomic E-state index is 13.7. The van der Waals surface area contributed by atoms with Crippen molar-refractivity contribution >= 4 is 18.3 Å². The molecule has 108 valence electrons. The molecule has 0 radical (unpaired) electrons. The van der Waals surface area contributed by atoms with Crippen LogP contribution in [0.2, 0.25) is 0 Å². The third kappa shape index (κ3) is 5.04. The standard InChI is InChI=1S/C13H19FN2O2.ClH/c1-8(15)7-12(17)16-9(2)13-10(14)5-4-6-11(13)18-3;/h4-6,8-9H,7,15H2,1-3H3,(H,16,17);1H. The van der Waals surface area contributed by atoms with Crippen molar-refractivity contribution in [3.8, 4) is 5.75 Å². The molecule has 1 rings (SSSR count). The molecule has 0 saturated carbocycles. The van der Waals surface area contributed by atoms with E-state index in [0.29, 0.717) is 11.3 Å². The lowest BCUT2D eigenvalue weighted by molar-refractivity contribution is -0.122. The van der Waals surface area contributed by atoms with Crippen molar-refractivity contribution in [3.05, 3.63) is 29.6 Å². The smallest absolute Gasteiger partial charge is 0.222 e. The molecule has 2 unspecified atom stereocenters. The molecule has 0 spiro atoms. The SMILES string of the molecule is COc1cccc(F)c1C(C)NC(=O)CC(C)N.Cl. The molecular formula is C13H20ClFN2O2. The number of amides is 1. The van der Waals surface area contributed by atoms with Crippen LogP contribution in [0.15, 0.2) is 18.2 Å². The van der Waals surface area contributed by atoms with E-state index in [9.17, 15) is 9.18 Å². The van der Waals surface area contributed by atoms with Gasteiger partial charge in [0.05, 0.1) is 18.7 Å². The van der Waals surface area contributed by atoms with Crippen LogP contribution in [0.5, 0.6) is 5.75 Å². The number of hydrogen-bond acceptors (Lipinski definition) is 3. The molecule has 6 heteroatoms. The summed E-state index contributed by atoms with van der Waals surface area (Å²) in [5, 5.41) is 2.70. The molecular weight excluding hydrogens is 271 g/mol. The molecule has 0 fully saturated rings. The van der Waals surface area contributed by atoms with E-state index in [4.69, 9.17) is 10.5 Å². The van der Waals surface area contributed by atoms with E-state index in [1.54, 1.807) is 26.0 Å². The highest BCUT2D eigenvalue weighted by molar-refractivity contribution is 5.85. The summed E-state index contributed by atoms with van der Waals surface area (Å²) >= 11 is 0. The number of hydrogen-bond donors (Lipinski definition) is 2. The van der Waals surface area contributed by atoms with Crippen molar-refractivity contribution in [1.82, 2.24) is 5.32 Å². The summed E-state index contributed by atoms with van der Waals surface area (Å²) in [7, 11) is 1.47. The van der Waals surface area contributed by atoms with Crippen LogP contribution < -0.4 is 15.8 Å². The Morgan fingerprint density at radius 2 is 2.11 bits per heavy atom. The van der Waals surface area contributed by atoms with Gasteiger partial charge in [0.2, 0.25) is 5.91 Å². The Bertz CT molecular complexity index is 427. The summed E-state index contributed by atoms with van der Waals surface area (Å²) in [5.74, 6) is -0.186. The number of rotatable bonds is 5. The number of carbonyl (C=O) groups excluding carboxylic acids is 1. The second kappa shape index (κ2) is 7.96. The molecule has 0 aliphatic rings. The predicted molar refractivity (Wildman–Crippen MR) is 75.0 cm³/mol. The van der Waals surface area contributed by atoms with Gasteiger partial charge in [0, 0.05) is 12.5 Å². The fourth-order valence-corrected chi connectivity index (χ4v) is 1.78. The van der Waals surface area contributed by atoms with Gasteiger partial charge < -0.3 is 15.8 Å². The van der Waals surface area contributed by atoms with Crippen LogP contribution in [0.3, 0.4) is 0 Å². The summed E-state index contributed by atoms with van der Waals surface area (Å²) in [5.41, 5.74) is 5.88. The number of carbonyl (C=O) groups is 1. The number of nitrogens with one attached hydrogen (secondary N) is 1. The van der Waals surface area contributed by atoms with Gasteiger partial charge in [-0.25, -0.2) is 4.39 Å². The van der Waals surface area contributed by atoms with Crippen molar-refractivity contribution in [2.45, 2.75) is 32.4 Å². The number of benzene rings is 1. The van der Waals surface area contributed by atoms with Gasteiger partial charge in [-0.05, 0) is 26.0 Å². The summed E-state index contributed by atoms with van der Waals surface area (Å²) in [6.45, 7) is 3.45. The van der Waals surface area contributed by atoms with Crippen molar-refractivity contribution in [3.63, 3.8) is 0 Å². The first-order valence-electron chi connectivity index (χ1n) is 5.83. The second-order valence-electron chi connectivity index (χ2n) is 4.33. The van der Waals surface area contributed by atoms with Crippen molar-refractivity contribution in [1.29, 1.82) is 0 Å². The zero-order valence-electron chi connectivity index (χ0n) is 11.3. The van der Waals surface area contributed by atoms with Crippen molar-refractivity contribution < 1.29 is 13.9 Å². The van der Waals surface area contributed by atoms with Gasteiger partial charge in [-0.3, -0.25) is 4.79 Å². The molecule has 0 aliphatic heterocycles. The Hall–Kier alpha value is -1.33. The van der Waals surface area contributed by atoms with Crippen LogP contribution >= 0.6 is 12.4 Å². The van der Waals surface area contributed by atoms with E-state index in [1.807, 2.05) is 0 Å². The van der Waals surface area contributed by atoms with Gasteiger partial charge in [-0.2, -0.15) is 0 Å². The number of halogens is 2. The highest BCUT2D eigenvalue weighted by Crippen LogP contribution is 2.27. The molecule has 1 amide bonds. The fraction of sp³-hybridized carbons (Fsp3) is 0.462. The van der Waals surface area contributed by atoms with E-state index in [1.165, 1.54) is 13.2 Å². The zero-order valence-corrected chi connectivity index (χ0v) is 12.1. The Balaban J connectivity index is 0.00000324. The number of nitrogens with two attached hydrogens (primary N) is 1. The van der Waals surface area contributed by atoms with Crippen LogP contribution in [0.25, 0.3) is 0 Å². The third-order valence-electron chi connectivity index (χ3n) is 2.55. The summed E-state index contributed by atoms with van der Waals surface area (Å²) < 4.78 is 18.8. The van der Waals surface area contributed by atoms with Gasteiger partial charge in [-0.15, -0.1) is 12.4 Å². The first-order chi connectivity index (χ1) is 8.45. The van der Waals surface area contributed by atoms with E-state index >= 15 is 0 Å². The minimum Gasteiger partial charge on any atom is -0.496 e. The van der Waals surface area contributed by atoms with Gasteiger partial charge in [-0.1, -0.05) is 6.07 Å². The lowest BCUT2D eigenvalue weighted by atomic mass is 10.1. The monoisotopic (exact) mass is 290 g/mol. The Kier molecular flexibility index (Phi) is 7.41. The summed E-state index contributed by atoms with van der Waals surface area (Å²) in [6, 6.07) is 3.87. The van der Waals surface area contributed by atoms with E-state index < -0.39 is 11.9 Å². The van der Waals surface area contributed by atoms with E-state index in [-0.39, 0.29) is 30.8 Å². The maximum atomic E-state index is 13.7. The maximum Gasteiger partial charge on any atom is 0.222 e. The Morgan fingerprint density at radius 3 is 2.63 bits per heavy atom. The molecule has 0 saturated heterocycles. The van der Waals surface area contributed by atoms with Gasteiger partial charge >= 0.3 is 0 Å². The average molecular weight is 291 g/mol. The molecule has 0 bridgehead atoms. The predicted octanol–water partition coefficient (Wildman–Crippen LogP) is 2.17. The molecule has 0 aromatic heterocycles.